The molecule has 0 spiro atoms. The molecular weight excluding hydrogens is 190 g/mol. The summed E-state index contributed by atoms with van der Waals surface area (Å²) in [4.78, 5) is 0.363. The van der Waals surface area contributed by atoms with E-state index in [1.54, 1.807) is 6.26 Å². The van der Waals surface area contributed by atoms with E-state index in [1.165, 1.54) is 23.9 Å². The van der Waals surface area contributed by atoms with Gasteiger partial charge in [0.15, 0.2) is 0 Å². The van der Waals surface area contributed by atoms with Crippen molar-refractivity contribution < 1.29 is 8.78 Å². The summed E-state index contributed by atoms with van der Waals surface area (Å²) in [5.41, 5.74) is 0.440. The zero-order valence-corrected chi connectivity index (χ0v) is 8.71. The monoisotopic (exact) mass is 202 g/mol. The van der Waals surface area contributed by atoms with Gasteiger partial charge in [-0.1, -0.05) is 13.8 Å². The molecule has 0 aliphatic heterocycles. The third-order valence-corrected chi connectivity index (χ3v) is 2.65. The molecule has 0 saturated carbocycles. The summed E-state index contributed by atoms with van der Waals surface area (Å²) < 4.78 is 26.5. The largest absolute Gasteiger partial charge is 0.207 e. The van der Waals surface area contributed by atoms with Gasteiger partial charge in [0, 0.05) is 4.90 Å². The Morgan fingerprint density at radius 3 is 2.23 bits per heavy atom. The summed E-state index contributed by atoms with van der Waals surface area (Å²) in [6, 6.07) is 2.54. The minimum atomic E-state index is -0.336. The Morgan fingerprint density at radius 2 is 1.77 bits per heavy atom. The van der Waals surface area contributed by atoms with Gasteiger partial charge >= 0.3 is 0 Å². The first-order valence-corrected chi connectivity index (χ1v) is 5.31. The summed E-state index contributed by atoms with van der Waals surface area (Å²) in [6.45, 7) is 3.69. The van der Waals surface area contributed by atoms with Gasteiger partial charge < -0.3 is 0 Å². The van der Waals surface area contributed by atoms with Crippen LogP contribution in [0.25, 0.3) is 0 Å². The molecule has 13 heavy (non-hydrogen) atoms. The second-order valence-electron chi connectivity index (χ2n) is 3.16. The molecule has 0 amide bonds. The van der Waals surface area contributed by atoms with Gasteiger partial charge in [0.25, 0.3) is 0 Å². The number of hydrogen-bond donors (Lipinski definition) is 0. The van der Waals surface area contributed by atoms with E-state index in [4.69, 9.17) is 0 Å². The smallest absolute Gasteiger partial charge is 0.137 e. The maximum Gasteiger partial charge on any atom is 0.137 e. The van der Waals surface area contributed by atoms with Gasteiger partial charge in [-0.3, -0.25) is 0 Å². The lowest BCUT2D eigenvalue weighted by atomic mass is 10.0. The molecule has 0 radical (unpaired) electrons. The van der Waals surface area contributed by atoms with Gasteiger partial charge in [-0.2, -0.15) is 0 Å². The van der Waals surface area contributed by atoms with Gasteiger partial charge in [-0.25, -0.2) is 8.78 Å². The molecule has 0 saturated heterocycles. The Labute approximate surface area is 81.3 Å². The van der Waals surface area contributed by atoms with Gasteiger partial charge in [0.05, 0.1) is 0 Å². The minimum Gasteiger partial charge on any atom is -0.207 e. The minimum absolute atomic E-state index is 0.0189. The highest BCUT2D eigenvalue weighted by Crippen LogP contribution is 2.26. The number of halogens is 2. The standard InChI is InChI=1S/C10H12F2S/c1-6(2)7-4-9(12)10(13-3)5-8(7)11/h4-6H,1-3H3. The molecule has 0 atom stereocenters. The van der Waals surface area contributed by atoms with Crippen molar-refractivity contribution in [3.05, 3.63) is 29.3 Å². The second kappa shape index (κ2) is 4.09. The van der Waals surface area contributed by atoms with Crippen LogP contribution in [0.4, 0.5) is 8.78 Å². The summed E-state index contributed by atoms with van der Waals surface area (Å²) in [6.07, 6.45) is 1.73. The Balaban J connectivity index is 3.20. The highest BCUT2D eigenvalue weighted by Gasteiger charge is 2.11. The van der Waals surface area contributed by atoms with Crippen LogP contribution >= 0.6 is 11.8 Å². The van der Waals surface area contributed by atoms with Crippen molar-refractivity contribution in [2.45, 2.75) is 24.7 Å². The van der Waals surface area contributed by atoms with E-state index < -0.39 is 0 Å². The maximum atomic E-state index is 13.3. The van der Waals surface area contributed by atoms with Crippen molar-refractivity contribution in [2.75, 3.05) is 6.26 Å². The normalized spacial score (nSPS) is 10.9. The SMILES string of the molecule is CSc1cc(F)c(C(C)C)cc1F. The lowest BCUT2D eigenvalue weighted by Crippen LogP contribution is -1.95. The van der Waals surface area contributed by atoms with Crippen molar-refractivity contribution >= 4 is 11.8 Å². The summed E-state index contributed by atoms with van der Waals surface area (Å²) in [5, 5.41) is 0. The van der Waals surface area contributed by atoms with Crippen molar-refractivity contribution in [1.29, 1.82) is 0 Å². The molecule has 72 valence electrons. The number of thioether (sulfide) groups is 1. The lowest BCUT2D eigenvalue weighted by molar-refractivity contribution is 0.557. The molecule has 0 unspecified atom stereocenters. The molecule has 0 bridgehead atoms. The average molecular weight is 202 g/mol. The van der Waals surface area contributed by atoms with E-state index in [1.807, 2.05) is 13.8 Å². The molecule has 0 aliphatic rings. The van der Waals surface area contributed by atoms with Crippen LogP contribution in [0.1, 0.15) is 25.3 Å². The fraction of sp³-hybridized carbons (Fsp3) is 0.400. The number of rotatable bonds is 2. The average Bonchev–Trinajstić information content (AvgIpc) is 2.07. The number of hydrogen-bond acceptors (Lipinski definition) is 1. The fourth-order valence-corrected chi connectivity index (χ4v) is 1.62. The first-order valence-electron chi connectivity index (χ1n) is 4.09. The topological polar surface area (TPSA) is 0 Å². The molecule has 0 N–H and O–H groups in total. The first kappa shape index (κ1) is 10.5. The molecule has 0 aliphatic carbocycles. The molecule has 3 heteroatoms. The van der Waals surface area contributed by atoms with Crippen molar-refractivity contribution in [1.82, 2.24) is 0 Å². The van der Waals surface area contributed by atoms with Crippen LogP contribution in [0.15, 0.2) is 17.0 Å². The van der Waals surface area contributed by atoms with Crippen molar-refractivity contribution in [3.63, 3.8) is 0 Å². The Bertz CT molecular complexity index is 308. The first-order chi connectivity index (χ1) is 6.06. The van der Waals surface area contributed by atoms with Gasteiger partial charge in [0.1, 0.15) is 11.6 Å². The van der Waals surface area contributed by atoms with E-state index in [-0.39, 0.29) is 17.6 Å². The van der Waals surface area contributed by atoms with Crippen LogP contribution < -0.4 is 0 Å². The molecule has 1 aromatic rings. The summed E-state index contributed by atoms with van der Waals surface area (Å²) in [5.74, 6) is -0.635. The third-order valence-electron chi connectivity index (χ3n) is 1.89. The number of benzene rings is 1. The van der Waals surface area contributed by atoms with Gasteiger partial charge in [-0.05, 0) is 29.9 Å². The highest BCUT2D eigenvalue weighted by molar-refractivity contribution is 7.98. The second-order valence-corrected chi connectivity index (χ2v) is 4.01. The zero-order chi connectivity index (χ0) is 10.0. The molecule has 1 aromatic carbocycles. The van der Waals surface area contributed by atoms with Crippen LogP contribution in [-0.2, 0) is 0 Å². The maximum absolute atomic E-state index is 13.3. The van der Waals surface area contributed by atoms with Crippen LogP contribution in [0, 0.1) is 11.6 Å². The van der Waals surface area contributed by atoms with Gasteiger partial charge in [0.2, 0.25) is 0 Å². The van der Waals surface area contributed by atoms with Crippen LogP contribution in [0.2, 0.25) is 0 Å². The predicted molar refractivity (Wildman–Crippen MR) is 52.2 cm³/mol. The van der Waals surface area contributed by atoms with E-state index in [0.29, 0.717) is 10.5 Å². The molecule has 0 nitrogen and oxygen atoms in total. The van der Waals surface area contributed by atoms with Crippen molar-refractivity contribution in [2.24, 2.45) is 0 Å². The summed E-state index contributed by atoms with van der Waals surface area (Å²) in [7, 11) is 0. The highest BCUT2D eigenvalue weighted by atomic mass is 32.2. The lowest BCUT2D eigenvalue weighted by Gasteiger charge is -2.08. The Kier molecular flexibility index (Phi) is 3.31. The molecule has 0 heterocycles. The van der Waals surface area contributed by atoms with E-state index >= 15 is 0 Å². The molecule has 1 rings (SSSR count). The molecular formula is C10H12F2S. The summed E-state index contributed by atoms with van der Waals surface area (Å²) >= 11 is 1.22. The third kappa shape index (κ3) is 2.21. The Morgan fingerprint density at radius 1 is 1.15 bits per heavy atom. The van der Waals surface area contributed by atoms with E-state index in [2.05, 4.69) is 0 Å². The van der Waals surface area contributed by atoms with Gasteiger partial charge in [-0.15, -0.1) is 11.8 Å². The molecule has 0 fully saturated rings. The quantitative estimate of drug-likeness (QED) is 0.657. The van der Waals surface area contributed by atoms with Crippen LogP contribution in [0.5, 0.6) is 0 Å². The zero-order valence-electron chi connectivity index (χ0n) is 7.90. The van der Waals surface area contributed by atoms with Crippen LogP contribution in [-0.4, -0.2) is 6.26 Å². The Hall–Kier alpha value is -0.570. The fourth-order valence-electron chi connectivity index (χ4n) is 1.14. The van der Waals surface area contributed by atoms with E-state index in [0.717, 1.165) is 0 Å². The van der Waals surface area contributed by atoms with Crippen molar-refractivity contribution in [3.8, 4) is 0 Å². The molecule has 0 aromatic heterocycles. The van der Waals surface area contributed by atoms with Crippen LogP contribution in [0.3, 0.4) is 0 Å². The predicted octanol–water partition coefficient (Wildman–Crippen LogP) is 3.81. The van der Waals surface area contributed by atoms with E-state index in [9.17, 15) is 8.78 Å².